The number of carboxylic acid groups (broad SMARTS) is 1. The molecule has 0 bridgehead atoms. The minimum Gasteiger partial charge on any atom is -0.481 e. The highest BCUT2D eigenvalue weighted by Gasteiger charge is 2.50. The number of carbonyl (C=O) groups excluding carboxylic acids is 1. The minimum absolute atomic E-state index is 0.0782. The number of hydrogen-bond acceptors (Lipinski definition) is 3. The number of carboxylic acids is 1. The summed E-state index contributed by atoms with van der Waals surface area (Å²) >= 11 is 0. The van der Waals surface area contributed by atoms with Crippen LogP contribution in [0.5, 0.6) is 0 Å². The number of nitrogens with one attached hydrogen (secondary N) is 1. The van der Waals surface area contributed by atoms with Crippen molar-refractivity contribution in [2.24, 2.45) is 11.3 Å². The van der Waals surface area contributed by atoms with Gasteiger partial charge in [0.15, 0.2) is 0 Å². The van der Waals surface area contributed by atoms with E-state index >= 15 is 0 Å². The predicted octanol–water partition coefficient (Wildman–Crippen LogP) is 2.41. The normalized spacial score (nSPS) is 24.6. The first kappa shape index (κ1) is 14.4. The van der Waals surface area contributed by atoms with E-state index in [2.05, 4.69) is 5.32 Å². The number of ether oxygens (including phenoxy) is 1. The van der Waals surface area contributed by atoms with Gasteiger partial charge in [-0.2, -0.15) is 0 Å². The Morgan fingerprint density at radius 3 is 2.60 bits per heavy atom. The summed E-state index contributed by atoms with van der Waals surface area (Å²) in [6, 6.07) is 9.34. The van der Waals surface area contributed by atoms with Crippen molar-refractivity contribution in [2.75, 3.05) is 6.54 Å². The van der Waals surface area contributed by atoms with Crippen LogP contribution < -0.4 is 5.32 Å². The fourth-order valence-electron chi connectivity index (χ4n) is 2.44. The van der Waals surface area contributed by atoms with Gasteiger partial charge in [0.1, 0.15) is 6.61 Å². The average Bonchev–Trinajstić information content (AvgIpc) is 2.44. The highest BCUT2D eigenvalue weighted by Crippen LogP contribution is 2.46. The third-order valence-corrected chi connectivity index (χ3v) is 4.15. The van der Waals surface area contributed by atoms with Crippen molar-refractivity contribution in [1.29, 1.82) is 0 Å². The molecule has 1 aliphatic carbocycles. The second-order valence-electron chi connectivity index (χ2n) is 5.32. The van der Waals surface area contributed by atoms with Crippen LogP contribution in [-0.4, -0.2) is 23.7 Å². The van der Waals surface area contributed by atoms with Gasteiger partial charge < -0.3 is 15.2 Å². The summed E-state index contributed by atoms with van der Waals surface area (Å²) < 4.78 is 5.06. The standard InChI is InChI=1S/C15H19NO4/c1-11-7-8-15(11,13(17)18)10-16-14(19)20-9-12-5-3-2-4-6-12/h2-6,11H,7-10H2,1H3,(H,16,19)(H,17,18). The first-order chi connectivity index (χ1) is 9.54. The van der Waals surface area contributed by atoms with Crippen molar-refractivity contribution < 1.29 is 19.4 Å². The Morgan fingerprint density at radius 1 is 1.40 bits per heavy atom. The van der Waals surface area contributed by atoms with Crippen molar-refractivity contribution in [1.82, 2.24) is 5.32 Å². The third kappa shape index (κ3) is 2.92. The molecule has 0 aliphatic heterocycles. The average molecular weight is 277 g/mol. The third-order valence-electron chi connectivity index (χ3n) is 4.15. The molecule has 2 unspecified atom stereocenters. The number of hydrogen-bond donors (Lipinski definition) is 2. The van der Waals surface area contributed by atoms with Gasteiger partial charge in [-0.15, -0.1) is 0 Å². The number of benzene rings is 1. The molecular formula is C15H19NO4. The molecule has 1 fully saturated rings. The Kier molecular flexibility index (Phi) is 4.27. The van der Waals surface area contributed by atoms with Gasteiger partial charge in [-0.1, -0.05) is 37.3 Å². The summed E-state index contributed by atoms with van der Waals surface area (Å²) in [4.78, 5) is 22.9. The van der Waals surface area contributed by atoms with E-state index in [1.54, 1.807) is 0 Å². The maximum atomic E-state index is 11.6. The van der Waals surface area contributed by atoms with Crippen molar-refractivity contribution in [3.8, 4) is 0 Å². The van der Waals surface area contributed by atoms with E-state index in [9.17, 15) is 14.7 Å². The van der Waals surface area contributed by atoms with Gasteiger partial charge >= 0.3 is 12.1 Å². The molecule has 1 aliphatic rings. The van der Waals surface area contributed by atoms with Crippen LogP contribution in [0.25, 0.3) is 0 Å². The van der Waals surface area contributed by atoms with Crippen LogP contribution in [0.1, 0.15) is 25.3 Å². The van der Waals surface area contributed by atoms with Gasteiger partial charge in [-0.3, -0.25) is 4.79 Å². The predicted molar refractivity (Wildman–Crippen MR) is 73.1 cm³/mol. The largest absolute Gasteiger partial charge is 0.481 e. The Morgan fingerprint density at radius 2 is 2.10 bits per heavy atom. The second-order valence-corrected chi connectivity index (χ2v) is 5.32. The van der Waals surface area contributed by atoms with Crippen LogP contribution in [0.4, 0.5) is 4.79 Å². The lowest BCUT2D eigenvalue weighted by Crippen LogP contribution is -2.53. The van der Waals surface area contributed by atoms with Crippen LogP contribution in [-0.2, 0) is 16.1 Å². The molecule has 2 rings (SSSR count). The molecule has 0 heterocycles. The van der Waals surface area contributed by atoms with Crippen LogP contribution >= 0.6 is 0 Å². The first-order valence-electron chi connectivity index (χ1n) is 6.72. The molecule has 1 amide bonds. The quantitative estimate of drug-likeness (QED) is 0.866. The zero-order chi connectivity index (χ0) is 14.6. The Balaban J connectivity index is 1.79. The zero-order valence-electron chi connectivity index (χ0n) is 11.5. The molecule has 0 saturated heterocycles. The SMILES string of the molecule is CC1CCC1(CNC(=O)OCc1ccccc1)C(=O)O. The molecule has 0 spiro atoms. The number of carbonyl (C=O) groups is 2. The van der Waals surface area contributed by atoms with Gasteiger partial charge in [0.2, 0.25) is 0 Å². The molecule has 1 aromatic rings. The topological polar surface area (TPSA) is 75.6 Å². The minimum atomic E-state index is -0.848. The molecule has 2 atom stereocenters. The van der Waals surface area contributed by atoms with E-state index in [1.165, 1.54) is 0 Å². The number of alkyl carbamates (subject to hydrolysis) is 1. The summed E-state index contributed by atoms with van der Waals surface area (Å²) in [6.07, 6.45) is 0.906. The lowest BCUT2D eigenvalue weighted by atomic mass is 9.61. The van der Waals surface area contributed by atoms with Crippen LogP contribution in [0, 0.1) is 11.3 Å². The van der Waals surface area contributed by atoms with Crippen LogP contribution in [0.2, 0.25) is 0 Å². The van der Waals surface area contributed by atoms with Gasteiger partial charge in [0.25, 0.3) is 0 Å². The van der Waals surface area contributed by atoms with E-state index in [0.29, 0.717) is 6.42 Å². The molecule has 1 aromatic carbocycles. The fourth-order valence-corrected chi connectivity index (χ4v) is 2.44. The Bertz CT molecular complexity index is 488. The maximum Gasteiger partial charge on any atom is 0.407 e. The molecule has 20 heavy (non-hydrogen) atoms. The molecule has 2 N–H and O–H groups in total. The number of rotatable bonds is 5. The van der Waals surface area contributed by atoms with Crippen molar-refractivity contribution in [3.05, 3.63) is 35.9 Å². The summed E-state index contributed by atoms with van der Waals surface area (Å²) in [7, 11) is 0. The summed E-state index contributed by atoms with van der Waals surface area (Å²) in [5.74, 6) is -0.769. The lowest BCUT2D eigenvalue weighted by Gasteiger charge is -2.44. The van der Waals surface area contributed by atoms with Gasteiger partial charge in [0, 0.05) is 6.54 Å². The molecular weight excluding hydrogens is 258 g/mol. The van der Waals surface area contributed by atoms with Gasteiger partial charge in [-0.25, -0.2) is 4.79 Å². The van der Waals surface area contributed by atoms with Crippen molar-refractivity contribution >= 4 is 12.1 Å². The summed E-state index contributed by atoms with van der Waals surface area (Å²) in [5.41, 5.74) is 0.0683. The van der Waals surface area contributed by atoms with E-state index in [4.69, 9.17) is 4.74 Å². The van der Waals surface area contributed by atoms with E-state index in [0.717, 1.165) is 12.0 Å². The lowest BCUT2D eigenvalue weighted by molar-refractivity contribution is -0.159. The number of aliphatic carboxylic acids is 1. The number of amides is 1. The fraction of sp³-hybridized carbons (Fsp3) is 0.467. The summed E-state index contributed by atoms with van der Waals surface area (Å²) in [5, 5.41) is 11.8. The van der Waals surface area contributed by atoms with Gasteiger partial charge in [-0.05, 0) is 24.3 Å². The molecule has 0 aromatic heterocycles. The molecule has 5 heteroatoms. The summed E-state index contributed by atoms with van der Waals surface area (Å²) in [6.45, 7) is 2.20. The van der Waals surface area contributed by atoms with E-state index in [-0.39, 0.29) is 19.1 Å². The molecule has 108 valence electrons. The zero-order valence-corrected chi connectivity index (χ0v) is 11.5. The highest BCUT2D eigenvalue weighted by atomic mass is 16.5. The van der Waals surface area contributed by atoms with E-state index < -0.39 is 17.5 Å². The molecule has 1 saturated carbocycles. The Hall–Kier alpha value is -2.04. The van der Waals surface area contributed by atoms with E-state index in [1.807, 2.05) is 37.3 Å². The maximum absolute atomic E-state index is 11.6. The van der Waals surface area contributed by atoms with Crippen molar-refractivity contribution in [3.63, 3.8) is 0 Å². The Labute approximate surface area is 117 Å². The monoisotopic (exact) mass is 277 g/mol. The molecule has 5 nitrogen and oxygen atoms in total. The van der Waals surface area contributed by atoms with Crippen molar-refractivity contribution in [2.45, 2.75) is 26.4 Å². The van der Waals surface area contributed by atoms with Crippen LogP contribution in [0.3, 0.4) is 0 Å². The highest BCUT2D eigenvalue weighted by molar-refractivity contribution is 5.78. The first-order valence-corrected chi connectivity index (χ1v) is 6.72. The second kappa shape index (κ2) is 5.94. The molecule has 0 radical (unpaired) electrons. The van der Waals surface area contributed by atoms with Crippen LogP contribution in [0.15, 0.2) is 30.3 Å². The smallest absolute Gasteiger partial charge is 0.407 e. The van der Waals surface area contributed by atoms with Gasteiger partial charge in [0.05, 0.1) is 5.41 Å².